The van der Waals surface area contributed by atoms with Gasteiger partial charge in [0.05, 0.1) is 13.5 Å². The van der Waals surface area contributed by atoms with Crippen LogP contribution in [0.25, 0.3) is 0 Å². The van der Waals surface area contributed by atoms with Gasteiger partial charge in [-0.3, -0.25) is 9.59 Å². The predicted octanol–water partition coefficient (Wildman–Crippen LogP) is 2.55. The maximum absolute atomic E-state index is 11.9. The molecule has 0 heterocycles. The number of halogens is 1. The lowest BCUT2D eigenvalue weighted by Gasteiger charge is -2.19. The summed E-state index contributed by atoms with van der Waals surface area (Å²) in [6.07, 6.45) is 0.696. The maximum atomic E-state index is 11.9. The van der Waals surface area contributed by atoms with Crippen molar-refractivity contribution in [1.29, 1.82) is 0 Å². The average molecular weight is 313 g/mol. The van der Waals surface area contributed by atoms with Gasteiger partial charge in [0.15, 0.2) is 0 Å². The number of rotatable bonds is 8. The summed E-state index contributed by atoms with van der Waals surface area (Å²) in [5.74, 6) is -0.314. The molecule has 0 unspecified atom stereocenters. The summed E-state index contributed by atoms with van der Waals surface area (Å²) in [5, 5.41) is 3.38. The van der Waals surface area contributed by atoms with E-state index in [2.05, 4.69) is 10.1 Å². The molecule has 0 aliphatic rings. The number of hydrogen-bond donors (Lipinski definition) is 1. The summed E-state index contributed by atoms with van der Waals surface area (Å²) in [4.78, 5) is 25.0. The number of methoxy groups -OCH3 is 1. The van der Waals surface area contributed by atoms with Crippen molar-refractivity contribution in [3.63, 3.8) is 0 Å². The zero-order valence-electron chi connectivity index (χ0n) is 12.4. The van der Waals surface area contributed by atoms with Crippen molar-refractivity contribution >= 4 is 29.2 Å². The standard InChI is InChI=1S/C15H21ClN2O3/c1-3-18(10-8-15(20)21-2)9-7-14(19)17-13-6-4-5-12(16)11-13/h4-6,11H,3,7-10H2,1-2H3,(H,17,19). The molecule has 1 N–H and O–H groups in total. The molecule has 1 aromatic carbocycles. The first kappa shape index (κ1) is 17.5. The van der Waals surface area contributed by atoms with Crippen LogP contribution in [0.4, 0.5) is 5.69 Å². The first-order chi connectivity index (χ1) is 10.0. The van der Waals surface area contributed by atoms with Gasteiger partial charge in [-0.25, -0.2) is 0 Å². The molecule has 0 bridgehead atoms. The van der Waals surface area contributed by atoms with E-state index in [0.717, 1.165) is 6.54 Å². The number of amides is 1. The Morgan fingerprint density at radius 3 is 2.62 bits per heavy atom. The van der Waals surface area contributed by atoms with Crippen LogP contribution in [0.3, 0.4) is 0 Å². The molecule has 1 amide bonds. The number of carbonyl (C=O) groups is 2. The fourth-order valence-corrected chi connectivity index (χ4v) is 2.02. The fourth-order valence-electron chi connectivity index (χ4n) is 1.83. The van der Waals surface area contributed by atoms with E-state index in [0.29, 0.717) is 36.6 Å². The molecule has 0 fully saturated rings. The topological polar surface area (TPSA) is 58.6 Å². The molecule has 0 aromatic heterocycles. The first-order valence-corrected chi connectivity index (χ1v) is 7.27. The summed E-state index contributed by atoms with van der Waals surface area (Å²) in [5.41, 5.74) is 0.685. The Bertz CT molecular complexity index is 480. The van der Waals surface area contributed by atoms with Crippen molar-refractivity contribution in [3.8, 4) is 0 Å². The zero-order valence-corrected chi connectivity index (χ0v) is 13.2. The van der Waals surface area contributed by atoms with Gasteiger partial charge in [0.2, 0.25) is 5.91 Å². The van der Waals surface area contributed by atoms with Gasteiger partial charge in [-0.05, 0) is 24.7 Å². The summed E-state index contributed by atoms with van der Waals surface area (Å²) >= 11 is 5.86. The highest BCUT2D eigenvalue weighted by molar-refractivity contribution is 6.30. The number of ether oxygens (including phenoxy) is 1. The van der Waals surface area contributed by atoms with Gasteiger partial charge in [-0.15, -0.1) is 0 Å². The molecule has 1 rings (SSSR count). The lowest BCUT2D eigenvalue weighted by Crippen LogP contribution is -2.30. The second-order valence-corrected chi connectivity index (χ2v) is 5.01. The lowest BCUT2D eigenvalue weighted by molar-refractivity contribution is -0.140. The minimum atomic E-state index is -0.239. The minimum absolute atomic E-state index is 0.0752. The van der Waals surface area contributed by atoms with Gasteiger partial charge < -0.3 is 15.0 Å². The highest BCUT2D eigenvalue weighted by Gasteiger charge is 2.09. The third-order valence-electron chi connectivity index (χ3n) is 3.07. The van der Waals surface area contributed by atoms with Crippen LogP contribution in [0, 0.1) is 0 Å². The molecule has 0 atom stereocenters. The molecule has 0 saturated carbocycles. The van der Waals surface area contributed by atoms with Crippen molar-refractivity contribution in [2.24, 2.45) is 0 Å². The van der Waals surface area contributed by atoms with Crippen molar-refractivity contribution in [1.82, 2.24) is 4.90 Å². The van der Waals surface area contributed by atoms with Crippen LogP contribution in [0.1, 0.15) is 19.8 Å². The van der Waals surface area contributed by atoms with E-state index in [1.54, 1.807) is 24.3 Å². The second-order valence-electron chi connectivity index (χ2n) is 4.57. The van der Waals surface area contributed by atoms with Crippen molar-refractivity contribution in [2.45, 2.75) is 19.8 Å². The van der Waals surface area contributed by atoms with Crippen LogP contribution in [0.5, 0.6) is 0 Å². The van der Waals surface area contributed by atoms with Crippen LogP contribution in [0.2, 0.25) is 5.02 Å². The highest BCUT2D eigenvalue weighted by atomic mass is 35.5. The smallest absolute Gasteiger partial charge is 0.306 e. The van der Waals surface area contributed by atoms with E-state index >= 15 is 0 Å². The molecule has 116 valence electrons. The number of anilines is 1. The van der Waals surface area contributed by atoms with Gasteiger partial charge in [-0.2, -0.15) is 0 Å². The summed E-state index contributed by atoms with van der Waals surface area (Å²) in [6.45, 7) is 3.96. The maximum Gasteiger partial charge on any atom is 0.306 e. The monoisotopic (exact) mass is 312 g/mol. The molecule has 0 aliphatic carbocycles. The summed E-state index contributed by atoms with van der Waals surface area (Å²) in [6, 6.07) is 7.03. The molecule has 5 nitrogen and oxygen atoms in total. The lowest BCUT2D eigenvalue weighted by atomic mass is 10.3. The molecular formula is C15H21ClN2O3. The van der Waals surface area contributed by atoms with Gasteiger partial charge in [0, 0.05) is 30.2 Å². The number of hydrogen-bond acceptors (Lipinski definition) is 4. The van der Waals surface area contributed by atoms with Gasteiger partial charge >= 0.3 is 5.97 Å². The molecule has 0 radical (unpaired) electrons. The Morgan fingerprint density at radius 1 is 1.29 bits per heavy atom. The predicted molar refractivity (Wildman–Crippen MR) is 83.4 cm³/mol. The third kappa shape index (κ3) is 7.11. The highest BCUT2D eigenvalue weighted by Crippen LogP contribution is 2.15. The van der Waals surface area contributed by atoms with Crippen LogP contribution in [0.15, 0.2) is 24.3 Å². The summed E-state index contributed by atoms with van der Waals surface area (Å²) < 4.78 is 4.60. The number of benzene rings is 1. The SMILES string of the molecule is CCN(CCC(=O)Nc1cccc(Cl)c1)CCC(=O)OC. The third-order valence-corrected chi connectivity index (χ3v) is 3.31. The van der Waals surface area contributed by atoms with Crippen molar-refractivity contribution in [2.75, 3.05) is 32.1 Å². The van der Waals surface area contributed by atoms with Crippen LogP contribution >= 0.6 is 11.6 Å². The first-order valence-electron chi connectivity index (χ1n) is 6.89. The molecular weight excluding hydrogens is 292 g/mol. The van der Waals surface area contributed by atoms with Gasteiger partial charge in [-0.1, -0.05) is 24.6 Å². The van der Waals surface area contributed by atoms with E-state index in [1.807, 2.05) is 11.8 Å². The summed E-state index contributed by atoms with van der Waals surface area (Å²) in [7, 11) is 1.37. The van der Waals surface area contributed by atoms with E-state index in [1.165, 1.54) is 7.11 Å². The number of carbonyl (C=O) groups excluding carboxylic acids is 2. The van der Waals surface area contributed by atoms with E-state index in [4.69, 9.17) is 11.6 Å². The van der Waals surface area contributed by atoms with E-state index < -0.39 is 0 Å². The number of nitrogens with zero attached hydrogens (tertiary/aromatic N) is 1. The van der Waals surface area contributed by atoms with Crippen LogP contribution < -0.4 is 5.32 Å². The Labute approximate surface area is 130 Å². The quantitative estimate of drug-likeness (QED) is 0.750. The van der Waals surface area contributed by atoms with E-state index in [9.17, 15) is 9.59 Å². The molecule has 0 aliphatic heterocycles. The molecule has 21 heavy (non-hydrogen) atoms. The van der Waals surface area contributed by atoms with E-state index in [-0.39, 0.29) is 11.9 Å². The number of esters is 1. The molecule has 0 spiro atoms. The molecule has 6 heteroatoms. The molecule has 0 saturated heterocycles. The number of nitrogens with one attached hydrogen (secondary N) is 1. The van der Waals surface area contributed by atoms with Gasteiger partial charge in [0.25, 0.3) is 0 Å². The Morgan fingerprint density at radius 2 is 2.00 bits per heavy atom. The Kier molecular flexibility index (Phi) is 7.79. The fraction of sp³-hybridized carbons (Fsp3) is 0.467. The van der Waals surface area contributed by atoms with Crippen molar-refractivity contribution < 1.29 is 14.3 Å². The average Bonchev–Trinajstić information content (AvgIpc) is 2.47. The zero-order chi connectivity index (χ0) is 15.7. The van der Waals surface area contributed by atoms with Crippen LogP contribution in [-0.2, 0) is 14.3 Å². The Balaban J connectivity index is 2.35. The minimum Gasteiger partial charge on any atom is -0.469 e. The largest absolute Gasteiger partial charge is 0.469 e. The Hall–Kier alpha value is -1.59. The van der Waals surface area contributed by atoms with Gasteiger partial charge in [0.1, 0.15) is 0 Å². The van der Waals surface area contributed by atoms with Crippen molar-refractivity contribution in [3.05, 3.63) is 29.3 Å². The normalized spacial score (nSPS) is 10.5. The molecule has 1 aromatic rings. The second kappa shape index (κ2) is 9.37. The van der Waals surface area contributed by atoms with Crippen LogP contribution in [-0.4, -0.2) is 43.5 Å².